The van der Waals surface area contributed by atoms with Crippen LogP contribution in [0.25, 0.3) is 11.1 Å². The van der Waals surface area contributed by atoms with Crippen molar-refractivity contribution in [2.24, 2.45) is 0 Å². The number of carbonyl (C=O) groups is 1. The van der Waals surface area contributed by atoms with Crippen molar-refractivity contribution >= 4 is 15.6 Å². The lowest BCUT2D eigenvalue weighted by Crippen LogP contribution is -2.37. The SMILES string of the molecule is CC(=O)C(c1cccc(-c2ccc(S(C)(=O)=O)cc2)c1)(c1ccnc(C)c1)c1ccccc1C. The first-order chi connectivity index (χ1) is 16.1. The van der Waals surface area contributed by atoms with Crippen molar-refractivity contribution in [3.8, 4) is 11.1 Å². The smallest absolute Gasteiger partial charge is 0.175 e. The van der Waals surface area contributed by atoms with Crippen molar-refractivity contribution in [2.45, 2.75) is 31.1 Å². The summed E-state index contributed by atoms with van der Waals surface area (Å²) in [6.45, 7) is 5.58. The number of aromatic nitrogens is 1. The van der Waals surface area contributed by atoms with Gasteiger partial charge in [-0.1, -0.05) is 54.6 Å². The molecule has 0 aliphatic heterocycles. The van der Waals surface area contributed by atoms with E-state index in [0.717, 1.165) is 39.1 Å². The van der Waals surface area contributed by atoms with Crippen molar-refractivity contribution in [2.75, 3.05) is 6.26 Å². The lowest BCUT2D eigenvalue weighted by molar-refractivity contribution is -0.119. The van der Waals surface area contributed by atoms with Crippen LogP contribution >= 0.6 is 0 Å². The molecule has 0 amide bonds. The van der Waals surface area contributed by atoms with Gasteiger partial charge in [0.15, 0.2) is 9.84 Å². The van der Waals surface area contributed by atoms with Crippen LogP contribution in [0.3, 0.4) is 0 Å². The molecule has 0 N–H and O–H groups in total. The molecule has 34 heavy (non-hydrogen) atoms. The maximum Gasteiger partial charge on any atom is 0.175 e. The zero-order chi connectivity index (χ0) is 24.5. The van der Waals surface area contributed by atoms with Gasteiger partial charge in [-0.2, -0.15) is 0 Å². The van der Waals surface area contributed by atoms with Gasteiger partial charge in [0.2, 0.25) is 0 Å². The van der Waals surface area contributed by atoms with Gasteiger partial charge >= 0.3 is 0 Å². The third kappa shape index (κ3) is 4.19. The number of nitrogens with zero attached hydrogens (tertiary/aromatic N) is 1. The predicted octanol–water partition coefficient (Wildman–Crippen LogP) is 5.69. The van der Waals surface area contributed by atoms with Gasteiger partial charge in [0.25, 0.3) is 0 Å². The first kappa shape index (κ1) is 23.6. The summed E-state index contributed by atoms with van der Waals surface area (Å²) in [7, 11) is -3.28. The van der Waals surface area contributed by atoms with Crippen LogP contribution in [0, 0.1) is 13.8 Å². The van der Waals surface area contributed by atoms with E-state index in [4.69, 9.17) is 0 Å². The highest BCUT2D eigenvalue weighted by Gasteiger charge is 2.42. The van der Waals surface area contributed by atoms with Gasteiger partial charge in [-0.05, 0) is 84.5 Å². The summed E-state index contributed by atoms with van der Waals surface area (Å²) in [5.74, 6) is 0.0111. The summed E-state index contributed by atoms with van der Waals surface area (Å²) >= 11 is 0. The molecule has 1 unspecified atom stereocenters. The van der Waals surface area contributed by atoms with Crippen LogP contribution in [-0.2, 0) is 20.0 Å². The normalized spacial score (nSPS) is 13.3. The topological polar surface area (TPSA) is 64.1 Å². The Morgan fingerprint density at radius 1 is 0.794 bits per heavy atom. The summed E-state index contributed by atoms with van der Waals surface area (Å²) in [6, 6.07) is 26.6. The van der Waals surface area contributed by atoms with E-state index in [-0.39, 0.29) is 10.7 Å². The molecule has 0 saturated heterocycles. The Morgan fingerprint density at radius 3 is 2.09 bits per heavy atom. The Bertz CT molecular complexity index is 1470. The molecule has 172 valence electrons. The zero-order valence-corrected chi connectivity index (χ0v) is 20.6. The molecular weight excluding hydrogens is 442 g/mol. The number of hydrogen-bond donors (Lipinski definition) is 0. The van der Waals surface area contributed by atoms with Crippen molar-refractivity contribution in [1.82, 2.24) is 4.98 Å². The maximum absolute atomic E-state index is 13.6. The molecule has 0 spiro atoms. The van der Waals surface area contributed by atoms with Gasteiger partial charge in [0.1, 0.15) is 11.2 Å². The second kappa shape index (κ2) is 8.99. The number of aryl methyl sites for hydroxylation is 2. The van der Waals surface area contributed by atoms with Crippen molar-refractivity contribution in [3.63, 3.8) is 0 Å². The second-order valence-electron chi connectivity index (χ2n) is 8.68. The molecular formula is C29H27NO3S. The van der Waals surface area contributed by atoms with Crippen LogP contribution < -0.4 is 0 Å². The molecule has 0 fully saturated rings. The molecule has 3 aromatic carbocycles. The Kier molecular flexibility index (Phi) is 6.24. The summed E-state index contributed by atoms with van der Waals surface area (Å²) in [4.78, 5) is 18.3. The molecule has 1 atom stereocenters. The first-order valence-corrected chi connectivity index (χ1v) is 12.9. The molecule has 1 heterocycles. The van der Waals surface area contributed by atoms with Crippen LogP contribution in [-0.4, -0.2) is 25.4 Å². The van der Waals surface area contributed by atoms with Gasteiger partial charge in [-0.15, -0.1) is 0 Å². The van der Waals surface area contributed by atoms with Gasteiger partial charge in [-0.25, -0.2) is 8.42 Å². The van der Waals surface area contributed by atoms with Gasteiger partial charge in [0.05, 0.1) is 4.90 Å². The van der Waals surface area contributed by atoms with E-state index in [2.05, 4.69) is 4.98 Å². The number of carbonyl (C=O) groups excluding carboxylic acids is 1. The van der Waals surface area contributed by atoms with Crippen LogP contribution in [0.15, 0.2) is 96.0 Å². The highest BCUT2D eigenvalue weighted by atomic mass is 32.2. The van der Waals surface area contributed by atoms with E-state index in [1.54, 1.807) is 37.4 Å². The molecule has 0 radical (unpaired) electrons. The number of ketones is 1. The predicted molar refractivity (Wildman–Crippen MR) is 136 cm³/mol. The van der Waals surface area contributed by atoms with Crippen LogP contribution in [0.1, 0.15) is 34.9 Å². The average Bonchev–Trinajstić information content (AvgIpc) is 2.80. The molecule has 1 aromatic heterocycles. The van der Waals surface area contributed by atoms with Crippen LogP contribution in [0.2, 0.25) is 0 Å². The summed E-state index contributed by atoms with van der Waals surface area (Å²) in [6.07, 6.45) is 2.94. The minimum absolute atomic E-state index is 0.0111. The lowest BCUT2D eigenvalue weighted by atomic mass is 9.65. The molecule has 0 aliphatic carbocycles. The minimum Gasteiger partial charge on any atom is -0.298 e. The maximum atomic E-state index is 13.6. The molecule has 4 aromatic rings. The summed E-state index contributed by atoms with van der Waals surface area (Å²) < 4.78 is 23.7. The van der Waals surface area contributed by atoms with E-state index in [9.17, 15) is 13.2 Å². The molecule has 5 heteroatoms. The summed E-state index contributed by atoms with van der Waals surface area (Å²) in [5.41, 5.74) is 5.28. The number of benzene rings is 3. The fourth-order valence-corrected chi connectivity index (χ4v) is 5.30. The van der Waals surface area contributed by atoms with Gasteiger partial charge in [0, 0.05) is 18.1 Å². The highest BCUT2D eigenvalue weighted by Crippen LogP contribution is 2.42. The number of rotatable bonds is 6. The Morgan fingerprint density at radius 2 is 1.47 bits per heavy atom. The molecule has 0 bridgehead atoms. The van der Waals surface area contributed by atoms with Gasteiger partial charge < -0.3 is 0 Å². The van der Waals surface area contributed by atoms with E-state index in [1.807, 2.05) is 74.5 Å². The third-order valence-electron chi connectivity index (χ3n) is 6.32. The van der Waals surface area contributed by atoms with E-state index in [1.165, 1.54) is 6.26 Å². The number of Topliss-reactive ketones (excluding diaryl/α,β-unsaturated/α-hetero) is 1. The number of sulfone groups is 1. The second-order valence-corrected chi connectivity index (χ2v) is 10.7. The summed E-state index contributed by atoms with van der Waals surface area (Å²) in [5, 5.41) is 0. The Hall–Kier alpha value is -3.57. The monoisotopic (exact) mass is 469 g/mol. The quantitative estimate of drug-likeness (QED) is 0.364. The fourth-order valence-electron chi connectivity index (χ4n) is 4.67. The number of hydrogen-bond acceptors (Lipinski definition) is 4. The Labute approximate surface area is 201 Å². The van der Waals surface area contributed by atoms with Crippen LogP contribution in [0.5, 0.6) is 0 Å². The number of pyridine rings is 1. The van der Waals surface area contributed by atoms with Crippen molar-refractivity contribution in [3.05, 3.63) is 119 Å². The van der Waals surface area contributed by atoms with E-state index < -0.39 is 15.3 Å². The standard InChI is InChI=1S/C29H27NO3S/c1-20-8-5-6-11-28(20)29(22(3)31,26-16-17-30-21(2)18-26)25-10-7-9-24(19-25)23-12-14-27(15-13-23)34(4,32)33/h5-19H,1-4H3. The highest BCUT2D eigenvalue weighted by molar-refractivity contribution is 7.90. The van der Waals surface area contributed by atoms with E-state index in [0.29, 0.717) is 0 Å². The average molecular weight is 470 g/mol. The van der Waals surface area contributed by atoms with Crippen molar-refractivity contribution in [1.29, 1.82) is 0 Å². The minimum atomic E-state index is -3.28. The molecule has 0 aliphatic rings. The first-order valence-electron chi connectivity index (χ1n) is 11.1. The molecule has 4 nitrogen and oxygen atoms in total. The van der Waals surface area contributed by atoms with Crippen molar-refractivity contribution < 1.29 is 13.2 Å². The van der Waals surface area contributed by atoms with Gasteiger partial charge in [-0.3, -0.25) is 9.78 Å². The fraction of sp³-hybridized carbons (Fsp3) is 0.172. The zero-order valence-electron chi connectivity index (χ0n) is 19.7. The molecule has 4 rings (SSSR count). The molecule has 0 saturated carbocycles. The third-order valence-corrected chi connectivity index (χ3v) is 7.45. The largest absolute Gasteiger partial charge is 0.298 e. The van der Waals surface area contributed by atoms with E-state index >= 15 is 0 Å². The Balaban J connectivity index is 1.99. The lowest BCUT2D eigenvalue weighted by Gasteiger charge is -2.35. The van der Waals surface area contributed by atoms with Crippen LogP contribution in [0.4, 0.5) is 0 Å².